The summed E-state index contributed by atoms with van der Waals surface area (Å²) in [6, 6.07) is 0. The number of amides is 1. The highest BCUT2D eigenvalue weighted by molar-refractivity contribution is 7.12. The lowest BCUT2D eigenvalue weighted by molar-refractivity contribution is -0.120. The van der Waals surface area contributed by atoms with Crippen molar-refractivity contribution in [2.75, 3.05) is 0 Å². The van der Waals surface area contributed by atoms with Crippen LogP contribution < -0.4 is 5.32 Å². The van der Waals surface area contributed by atoms with Gasteiger partial charge in [0.25, 0.3) is 0 Å². The van der Waals surface area contributed by atoms with Crippen LogP contribution in [0, 0.1) is 19.8 Å². The fraction of sp³-hybridized carbons (Fsp3) is 0.667. The van der Waals surface area contributed by atoms with Crippen molar-refractivity contribution >= 4 is 23.2 Å². The summed E-state index contributed by atoms with van der Waals surface area (Å²) in [5.74, 6) is 0.706. The van der Waals surface area contributed by atoms with Gasteiger partial charge in [-0.1, -0.05) is 0 Å². The standard InChI is InChI=1S/C18H27NO3S/c1-11-12(2)23-16(10-19-17(21)22-18(3,4)5)14(11)8-9-15(20)13-6-7-13/h13H,6-10H2,1-5H3,(H,19,21). The number of ether oxygens (including phenoxy) is 1. The summed E-state index contributed by atoms with van der Waals surface area (Å²) in [4.78, 5) is 26.1. The van der Waals surface area contributed by atoms with Gasteiger partial charge in [0, 0.05) is 22.1 Å². The molecule has 1 aliphatic carbocycles. The molecule has 1 saturated carbocycles. The summed E-state index contributed by atoms with van der Waals surface area (Å²) >= 11 is 1.70. The zero-order chi connectivity index (χ0) is 17.2. The Hall–Kier alpha value is -1.36. The van der Waals surface area contributed by atoms with Gasteiger partial charge in [0.2, 0.25) is 0 Å². The Morgan fingerprint density at radius 1 is 1.26 bits per heavy atom. The van der Waals surface area contributed by atoms with E-state index in [2.05, 4.69) is 19.2 Å². The second-order valence-electron chi connectivity index (χ2n) is 7.28. The van der Waals surface area contributed by atoms with E-state index in [1.54, 1.807) is 11.3 Å². The van der Waals surface area contributed by atoms with Crippen molar-refractivity contribution in [3.8, 4) is 0 Å². The molecular weight excluding hydrogens is 310 g/mol. The minimum absolute atomic E-state index is 0.318. The Morgan fingerprint density at radius 3 is 2.48 bits per heavy atom. The van der Waals surface area contributed by atoms with Crippen LogP contribution in [-0.4, -0.2) is 17.5 Å². The number of nitrogens with one attached hydrogen (secondary N) is 1. The Morgan fingerprint density at radius 2 is 1.91 bits per heavy atom. The first kappa shape index (κ1) is 18.0. The van der Waals surface area contributed by atoms with Crippen LogP contribution in [0.25, 0.3) is 0 Å². The first-order valence-corrected chi connectivity index (χ1v) is 9.06. The summed E-state index contributed by atoms with van der Waals surface area (Å²) in [7, 11) is 0. The summed E-state index contributed by atoms with van der Waals surface area (Å²) < 4.78 is 5.27. The molecule has 1 aromatic heterocycles. The van der Waals surface area contributed by atoms with E-state index >= 15 is 0 Å². The molecule has 2 rings (SSSR count). The Balaban J connectivity index is 1.96. The Kier molecular flexibility index (Phi) is 5.50. The lowest BCUT2D eigenvalue weighted by Gasteiger charge is -2.19. The lowest BCUT2D eigenvalue weighted by atomic mass is 10.0. The van der Waals surface area contributed by atoms with Gasteiger partial charge in [0.15, 0.2) is 0 Å². The molecule has 0 radical (unpaired) electrons. The van der Waals surface area contributed by atoms with Crippen molar-refractivity contribution in [3.05, 3.63) is 20.9 Å². The van der Waals surface area contributed by atoms with Crippen LogP contribution in [0.4, 0.5) is 4.79 Å². The Labute approximate surface area is 142 Å². The fourth-order valence-corrected chi connectivity index (χ4v) is 3.71. The molecule has 128 valence electrons. The van der Waals surface area contributed by atoms with Gasteiger partial charge in [-0.15, -0.1) is 11.3 Å². The zero-order valence-electron chi connectivity index (χ0n) is 14.7. The number of hydrogen-bond acceptors (Lipinski definition) is 4. The number of ketones is 1. The maximum Gasteiger partial charge on any atom is 0.407 e. The molecule has 0 spiro atoms. The normalized spacial score (nSPS) is 14.7. The molecule has 1 amide bonds. The minimum Gasteiger partial charge on any atom is -0.444 e. The van der Waals surface area contributed by atoms with Crippen molar-refractivity contribution in [2.45, 2.75) is 72.4 Å². The van der Waals surface area contributed by atoms with Gasteiger partial charge in [0.05, 0.1) is 6.54 Å². The van der Waals surface area contributed by atoms with Gasteiger partial charge in [-0.3, -0.25) is 4.79 Å². The van der Waals surface area contributed by atoms with Crippen molar-refractivity contribution in [3.63, 3.8) is 0 Å². The highest BCUT2D eigenvalue weighted by atomic mass is 32.1. The van der Waals surface area contributed by atoms with E-state index in [0.29, 0.717) is 24.7 Å². The van der Waals surface area contributed by atoms with E-state index < -0.39 is 11.7 Å². The fourth-order valence-electron chi connectivity index (χ4n) is 2.54. The molecule has 1 N–H and O–H groups in total. The summed E-state index contributed by atoms with van der Waals surface area (Å²) in [5.41, 5.74) is 1.97. The molecule has 0 saturated heterocycles. The molecule has 1 aromatic rings. The van der Waals surface area contributed by atoms with Gasteiger partial charge in [-0.2, -0.15) is 0 Å². The molecule has 0 unspecified atom stereocenters. The molecule has 0 aromatic carbocycles. The Bertz CT molecular complexity index is 594. The predicted molar refractivity (Wildman–Crippen MR) is 92.9 cm³/mol. The van der Waals surface area contributed by atoms with Crippen LogP contribution in [0.1, 0.15) is 60.9 Å². The molecule has 0 bridgehead atoms. The molecule has 5 heteroatoms. The molecule has 4 nitrogen and oxygen atoms in total. The van der Waals surface area contributed by atoms with Gasteiger partial charge in [-0.05, 0) is 65.0 Å². The maximum absolute atomic E-state index is 11.9. The van der Waals surface area contributed by atoms with Crippen molar-refractivity contribution < 1.29 is 14.3 Å². The molecule has 1 heterocycles. The molecule has 1 fully saturated rings. The van der Waals surface area contributed by atoms with Crippen LogP contribution in [0.3, 0.4) is 0 Å². The van der Waals surface area contributed by atoms with Crippen molar-refractivity contribution in [2.24, 2.45) is 5.92 Å². The number of carbonyl (C=O) groups is 2. The topological polar surface area (TPSA) is 55.4 Å². The van der Waals surface area contributed by atoms with E-state index in [-0.39, 0.29) is 0 Å². The second-order valence-corrected chi connectivity index (χ2v) is 8.59. The second kappa shape index (κ2) is 7.04. The first-order chi connectivity index (χ1) is 10.7. The maximum atomic E-state index is 11.9. The number of aryl methyl sites for hydroxylation is 1. The number of hydrogen-bond donors (Lipinski definition) is 1. The van der Waals surface area contributed by atoms with Gasteiger partial charge >= 0.3 is 6.09 Å². The van der Waals surface area contributed by atoms with E-state index in [4.69, 9.17) is 4.74 Å². The van der Waals surface area contributed by atoms with Gasteiger partial charge < -0.3 is 10.1 Å². The summed E-state index contributed by atoms with van der Waals surface area (Å²) in [6.45, 7) is 10.2. The number of Topliss-reactive ketones (excluding diaryl/α,β-unsaturated/α-hetero) is 1. The van der Waals surface area contributed by atoms with Crippen LogP contribution >= 0.6 is 11.3 Å². The zero-order valence-corrected chi connectivity index (χ0v) is 15.6. The summed E-state index contributed by atoms with van der Waals surface area (Å²) in [5, 5.41) is 2.82. The average molecular weight is 337 g/mol. The van der Waals surface area contributed by atoms with Crippen molar-refractivity contribution in [1.82, 2.24) is 5.32 Å². The average Bonchev–Trinajstić information content (AvgIpc) is 3.22. The number of alkyl carbamates (subject to hydrolysis) is 1. The van der Waals surface area contributed by atoms with Crippen LogP contribution in [0.15, 0.2) is 0 Å². The smallest absolute Gasteiger partial charge is 0.407 e. The van der Waals surface area contributed by atoms with Gasteiger partial charge in [0.1, 0.15) is 11.4 Å². The van der Waals surface area contributed by atoms with Crippen molar-refractivity contribution in [1.29, 1.82) is 0 Å². The molecule has 0 atom stereocenters. The minimum atomic E-state index is -0.495. The monoisotopic (exact) mass is 337 g/mol. The number of rotatable bonds is 6. The van der Waals surface area contributed by atoms with E-state index in [9.17, 15) is 9.59 Å². The third-order valence-corrected chi connectivity index (χ3v) is 5.29. The van der Waals surface area contributed by atoms with Crippen LogP contribution in [0.5, 0.6) is 0 Å². The van der Waals surface area contributed by atoms with Gasteiger partial charge in [-0.25, -0.2) is 4.79 Å². The third kappa shape index (κ3) is 5.34. The van der Waals surface area contributed by atoms with E-state index in [1.807, 2.05) is 20.8 Å². The highest BCUT2D eigenvalue weighted by Crippen LogP contribution is 2.33. The van der Waals surface area contributed by atoms with Crippen LogP contribution in [0.2, 0.25) is 0 Å². The predicted octanol–water partition coefficient (Wildman–Crippen LogP) is 4.30. The first-order valence-electron chi connectivity index (χ1n) is 8.24. The summed E-state index contributed by atoms with van der Waals surface area (Å²) in [6.07, 6.45) is 3.11. The number of carbonyl (C=O) groups excluding carboxylic acids is 2. The van der Waals surface area contributed by atoms with E-state index in [0.717, 1.165) is 24.1 Å². The molecule has 1 aliphatic rings. The highest BCUT2D eigenvalue weighted by Gasteiger charge is 2.29. The van der Waals surface area contributed by atoms with E-state index in [1.165, 1.54) is 16.0 Å². The third-order valence-electron chi connectivity index (χ3n) is 4.04. The largest absolute Gasteiger partial charge is 0.444 e. The SMILES string of the molecule is Cc1sc(CNC(=O)OC(C)(C)C)c(CCC(=O)C2CC2)c1C. The quantitative estimate of drug-likeness (QED) is 0.842. The molecular formula is C18H27NO3S. The van der Waals surface area contributed by atoms with Crippen LogP contribution in [-0.2, 0) is 22.5 Å². The molecule has 0 aliphatic heterocycles. The molecule has 23 heavy (non-hydrogen) atoms. The lowest BCUT2D eigenvalue weighted by Crippen LogP contribution is -2.32. The number of thiophene rings is 1.